The molecule has 3 N–H and O–H groups in total. The molecule has 0 saturated heterocycles. The zero-order chi connectivity index (χ0) is 11.1. The highest BCUT2D eigenvalue weighted by molar-refractivity contribution is 5.67. The number of nitrogens with zero attached hydrogens (tertiary/aromatic N) is 1. The predicted molar refractivity (Wildman–Crippen MR) is 52.1 cm³/mol. The number of aliphatic hydroxyl groups excluding tert-OH is 2. The molecular weight excluding hydrogens is 186 g/mol. The number of aliphatic hydroxyl groups is 2. The van der Waals surface area contributed by atoms with E-state index in [1.165, 1.54) is 0 Å². The van der Waals surface area contributed by atoms with Crippen molar-refractivity contribution in [3.63, 3.8) is 0 Å². The van der Waals surface area contributed by atoms with E-state index in [0.29, 0.717) is 6.54 Å². The van der Waals surface area contributed by atoms with Crippen LogP contribution in [0.1, 0.15) is 20.3 Å². The molecule has 0 amide bonds. The minimum atomic E-state index is -1.01. The van der Waals surface area contributed by atoms with Crippen molar-refractivity contribution in [1.82, 2.24) is 4.90 Å². The highest BCUT2D eigenvalue weighted by atomic mass is 16.4. The first kappa shape index (κ1) is 13.4. The number of rotatable bonds is 7. The van der Waals surface area contributed by atoms with Gasteiger partial charge in [0.15, 0.2) is 0 Å². The Morgan fingerprint density at radius 2 is 2.00 bits per heavy atom. The monoisotopic (exact) mass is 205 g/mol. The van der Waals surface area contributed by atoms with Crippen LogP contribution in [0.5, 0.6) is 0 Å². The second-order valence-corrected chi connectivity index (χ2v) is 3.56. The molecule has 0 aliphatic heterocycles. The van der Waals surface area contributed by atoms with Crippen molar-refractivity contribution >= 4 is 5.97 Å². The van der Waals surface area contributed by atoms with Gasteiger partial charge in [-0.2, -0.15) is 0 Å². The lowest BCUT2D eigenvalue weighted by Gasteiger charge is -2.27. The van der Waals surface area contributed by atoms with Gasteiger partial charge in [-0.15, -0.1) is 0 Å². The molecule has 0 aromatic rings. The fourth-order valence-electron chi connectivity index (χ4n) is 1.23. The van der Waals surface area contributed by atoms with Gasteiger partial charge in [0.25, 0.3) is 0 Å². The lowest BCUT2D eigenvalue weighted by Crippen LogP contribution is -2.40. The average Bonchev–Trinajstić information content (AvgIpc) is 2.01. The van der Waals surface area contributed by atoms with E-state index in [2.05, 4.69) is 0 Å². The quantitative estimate of drug-likeness (QED) is 0.523. The summed E-state index contributed by atoms with van der Waals surface area (Å²) in [5.41, 5.74) is 0. The van der Waals surface area contributed by atoms with Crippen molar-refractivity contribution in [2.24, 2.45) is 0 Å². The Morgan fingerprint density at radius 1 is 1.43 bits per heavy atom. The van der Waals surface area contributed by atoms with E-state index < -0.39 is 12.1 Å². The van der Waals surface area contributed by atoms with Crippen LogP contribution in [0.3, 0.4) is 0 Å². The molecule has 0 radical (unpaired) electrons. The van der Waals surface area contributed by atoms with Crippen LogP contribution >= 0.6 is 0 Å². The first-order valence-electron chi connectivity index (χ1n) is 4.72. The third-order valence-corrected chi connectivity index (χ3v) is 1.97. The molecule has 0 heterocycles. The summed E-state index contributed by atoms with van der Waals surface area (Å²) in [6, 6.07) is 0.186. The summed E-state index contributed by atoms with van der Waals surface area (Å²) in [4.78, 5) is 12.1. The molecule has 0 aromatic carbocycles. The normalized spacial score (nSPS) is 13.6. The average molecular weight is 205 g/mol. The van der Waals surface area contributed by atoms with Crippen molar-refractivity contribution in [3.05, 3.63) is 0 Å². The number of carboxylic acid groups (broad SMARTS) is 1. The minimum absolute atomic E-state index is 0.0119. The first-order chi connectivity index (χ1) is 6.47. The zero-order valence-corrected chi connectivity index (χ0v) is 8.68. The summed E-state index contributed by atoms with van der Waals surface area (Å²) < 4.78 is 0. The maximum absolute atomic E-state index is 10.3. The topological polar surface area (TPSA) is 81.0 Å². The van der Waals surface area contributed by atoms with E-state index in [0.717, 1.165) is 0 Å². The van der Waals surface area contributed by atoms with Crippen molar-refractivity contribution in [1.29, 1.82) is 0 Å². The van der Waals surface area contributed by atoms with E-state index in [9.17, 15) is 9.90 Å². The van der Waals surface area contributed by atoms with Gasteiger partial charge in [0.05, 0.1) is 19.1 Å². The number of aliphatic carboxylic acids is 1. The van der Waals surface area contributed by atoms with Crippen LogP contribution in [0.4, 0.5) is 0 Å². The Kier molecular flexibility index (Phi) is 6.44. The van der Waals surface area contributed by atoms with E-state index >= 15 is 0 Å². The minimum Gasteiger partial charge on any atom is -0.481 e. The molecule has 14 heavy (non-hydrogen) atoms. The maximum Gasteiger partial charge on any atom is 0.306 e. The van der Waals surface area contributed by atoms with Crippen LogP contribution in [0, 0.1) is 0 Å². The summed E-state index contributed by atoms with van der Waals surface area (Å²) in [7, 11) is 0. The van der Waals surface area contributed by atoms with Crippen molar-refractivity contribution < 1.29 is 20.1 Å². The molecule has 0 aliphatic rings. The Morgan fingerprint density at radius 3 is 2.36 bits per heavy atom. The third kappa shape index (κ3) is 5.90. The molecule has 84 valence electrons. The Labute approximate surface area is 84.0 Å². The molecule has 1 atom stereocenters. The Hall–Kier alpha value is -0.650. The van der Waals surface area contributed by atoms with Gasteiger partial charge in [-0.05, 0) is 13.8 Å². The van der Waals surface area contributed by atoms with Gasteiger partial charge in [-0.3, -0.25) is 9.69 Å². The standard InChI is InChI=1S/C9H19NO4/c1-7(2)10(3-4-11)6-8(12)5-9(13)14/h7-8,11-12H,3-6H2,1-2H3,(H,13,14). The fourth-order valence-corrected chi connectivity index (χ4v) is 1.23. The second kappa shape index (κ2) is 6.75. The van der Waals surface area contributed by atoms with Crippen LogP contribution in [0.2, 0.25) is 0 Å². The molecular formula is C9H19NO4. The first-order valence-corrected chi connectivity index (χ1v) is 4.72. The highest BCUT2D eigenvalue weighted by Gasteiger charge is 2.16. The van der Waals surface area contributed by atoms with E-state index in [-0.39, 0.29) is 25.6 Å². The van der Waals surface area contributed by atoms with Gasteiger partial charge in [0.2, 0.25) is 0 Å². The summed E-state index contributed by atoms with van der Waals surface area (Å²) in [5, 5.41) is 26.5. The maximum atomic E-state index is 10.3. The van der Waals surface area contributed by atoms with Crippen molar-refractivity contribution in [3.8, 4) is 0 Å². The summed E-state index contributed by atoms with van der Waals surface area (Å²) in [6.07, 6.45) is -1.13. The molecule has 0 saturated carbocycles. The number of carboxylic acids is 1. The van der Waals surface area contributed by atoms with Crippen LogP contribution in [0.25, 0.3) is 0 Å². The van der Waals surface area contributed by atoms with E-state index in [1.54, 1.807) is 0 Å². The Bertz CT molecular complexity index is 172. The van der Waals surface area contributed by atoms with Crippen molar-refractivity contribution in [2.75, 3.05) is 19.7 Å². The number of hydrogen-bond donors (Lipinski definition) is 3. The molecule has 0 fully saturated rings. The molecule has 0 rings (SSSR count). The van der Waals surface area contributed by atoms with Crippen LogP contribution in [-0.4, -0.2) is 58.0 Å². The zero-order valence-electron chi connectivity index (χ0n) is 8.68. The van der Waals surface area contributed by atoms with Gasteiger partial charge in [0.1, 0.15) is 0 Å². The summed E-state index contributed by atoms with van der Waals surface area (Å²) in [6.45, 7) is 4.61. The molecule has 0 spiro atoms. The van der Waals surface area contributed by atoms with Gasteiger partial charge >= 0.3 is 5.97 Å². The van der Waals surface area contributed by atoms with Gasteiger partial charge in [-0.1, -0.05) is 0 Å². The number of hydrogen-bond acceptors (Lipinski definition) is 4. The van der Waals surface area contributed by atoms with Crippen LogP contribution in [0.15, 0.2) is 0 Å². The predicted octanol–water partition coefficient (Wildman–Crippen LogP) is -0.475. The van der Waals surface area contributed by atoms with Crippen molar-refractivity contribution in [2.45, 2.75) is 32.4 Å². The lowest BCUT2D eigenvalue weighted by atomic mass is 10.2. The van der Waals surface area contributed by atoms with E-state index in [4.69, 9.17) is 10.2 Å². The van der Waals surface area contributed by atoms with Crippen LogP contribution < -0.4 is 0 Å². The largest absolute Gasteiger partial charge is 0.481 e. The molecule has 1 unspecified atom stereocenters. The molecule has 5 nitrogen and oxygen atoms in total. The van der Waals surface area contributed by atoms with Crippen LogP contribution in [-0.2, 0) is 4.79 Å². The number of carbonyl (C=O) groups is 1. The summed E-state index contributed by atoms with van der Waals surface area (Å²) >= 11 is 0. The molecule has 0 aromatic heterocycles. The van der Waals surface area contributed by atoms with Gasteiger partial charge in [0, 0.05) is 19.1 Å². The van der Waals surface area contributed by atoms with Gasteiger partial charge < -0.3 is 15.3 Å². The summed E-state index contributed by atoms with van der Waals surface area (Å²) in [5.74, 6) is -1.01. The highest BCUT2D eigenvalue weighted by Crippen LogP contribution is 2.02. The SMILES string of the molecule is CC(C)N(CCO)CC(O)CC(=O)O. The van der Waals surface area contributed by atoms with E-state index in [1.807, 2.05) is 18.7 Å². The fraction of sp³-hybridized carbons (Fsp3) is 0.889. The molecule has 0 aliphatic carbocycles. The smallest absolute Gasteiger partial charge is 0.306 e. The molecule has 5 heteroatoms. The second-order valence-electron chi connectivity index (χ2n) is 3.56. The Balaban J connectivity index is 3.95. The molecule has 0 bridgehead atoms. The third-order valence-electron chi connectivity index (χ3n) is 1.97. The van der Waals surface area contributed by atoms with Gasteiger partial charge in [-0.25, -0.2) is 0 Å². The lowest BCUT2D eigenvalue weighted by molar-refractivity contribution is -0.139.